The summed E-state index contributed by atoms with van der Waals surface area (Å²) in [4.78, 5) is 9.94. The van der Waals surface area contributed by atoms with Gasteiger partial charge in [-0.25, -0.2) is 27.2 Å². The van der Waals surface area contributed by atoms with Crippen molar-refractivity contribution >= 4 is 33.1 Å². The van der Waals surface area contributed by atoms with Crippen molar-refractivity contribution < 1.29 is 30.4 Å². The number of likely N-dealkylation sites (N-methyl/N-ethyl adjacent to an activating group) is 1. The molecule has 1 aliphatic heterocycles. The molecule has 0 bridgehead atoms. The molecule has 1 aliphatic rings. The molecule has 1 N–H and O–H groups in total. The van der Waals surface area contributed by atoms with Crippen LogP contribution in [0.15, 0.2) is 53.8 Å². The number of piperidine rings is 1. The standard InChI is InChI=1S/C26H27ClF5N5O2S/c1-36(2)25(10-7-17-5-3-6-19(23(17)27)26(30,31)32)9-4-12-37(15-25)18-13-20(28)24(21(29)14-18)40(38,39)35-22-8-11-33-16-34-22/h3,5-6,8,11,13-14,16H,4,7,9-10,12,15H2,1-2H3,(H,33,34,35)/t25-/m0/s1. The van der Waals surface area contributed by atoms with Crippen LogP contribution in [-0.4, -0.2) is 56.0 Å². The number of aryl methyl sites for hydroxylation is 1. The Morgan fingerprint density at radius 3 is 2.45 bits per heavy atom. The van der Waals surface area contributed by atoms with E-state index in [1.165, 1.54) is 18.3 Å². The average Bonchev–Trinajstić information content (AvgIpc) is 2.87. The fraction of sp³-hybridized carbons (Fsp3) is 0.385. The zero-order valence-corrected chi connectivity index (χ0v) is 23.2. The molecule has 0 unspecified atom stereocenters. The first-order valence-corrected chi connectivity index (χ1v) is 14.1. The van der Waals surface area contributed by atoms with Gasteiger partial charge in [0, 0.05) is 30.5 Å². The van der Waals surface area contributed by atoms with Gasteiger partial charge in [-0.3, -0.25) is 4.72 Å². The molecular weight excluding hydrogens is 577 g/mol. The fourth-order valence-corrected chi connectivity index (χ4v) is 6.47. The van der Waals surface area contributed by atoms with E-state index in [4.69, 9.17) is 11.6 Å². The van der Waals surface area contributed by atoms with Gasteiger partial charge >= 0.3 is 6.18 Å². The highest BCUT2D eigenvalue weighted by molar-refractivity contribution is 7.92. The van der Waals surface area contributed by atoms with Gasteiger partial charge in [-0.05, 0) is 69.6 Å². The predicted molar refractivity (Wildman–Crippen MR) is 142 cm³/mol. The van der Waals surface area contributed by atoms with Crippen LogP contribution in [0.2, 0.25) is 5.02 Å². The molecule has 0 spiro atoms. The number of rotatable bonds is 8. The summed E-state index contributed by atoms with van der Waals surface area (Å²) >= 11 is 6.11. The van der Waals surface area contributed by atoms with E-state index in [2.05, 4.69) is 9.97 Å². The van der Waals surface area contributed by atoms with Crippen molar-refractivity contribution in [1.29, 1.82) is 0 Å². The zero-order valence-electron chi connectivity index (χ0n) is 21.6. The number of aromatic nitrogens is 2. The number of hydrogen-bond acceptors (Lipinski definition) is 6. The summed E-state index contributed by atoms with van der Waals surface area (Å²) in [6.07, 6.45) is -0.218. The molecule has 1 aromatic heterocycles. The molecule has 3 aromatic rings. The van der Waals surface area contributed by atoms with Crippen LogP contribution in [0, 0.1) is 11.6 Å². The summed E-state index contributed by atoms with van der Waals surface area (Å²) < 4.78 is 97.7. The summed E-state index contributed by atoms with van der Waals surface area (Å²) in [5.41, 5.74) is -0.940. The van der Waals surface area contributed by atoms with E-state index in [1.54, 1.807) is 11.0 Å². The molecular formula is C26H27ClF5N5O2S. The van der Waals surface area contributed by atoms with Crippen molar-refractivity contribution in [2.45, 2.75) is 42.3 Å². The summed E-state index contributed by atoms with van der Waals surface area (Å²) in [6, 6.07) is 6.98. The van der Waals surface area contributed by atoms with Gasteiger partial charge in [0.05, 0.1) is 10.6 Å². The fourth-order valence-electron chi connectivity index (χ4n) is 5.01. The van der Waals surface area contributed by atoms with Crippen LogP contribution in [0.5, 0.6) is 0 Å². The number of hydrogen-bond donors (Lipinski definition) is 1. The number of nitrogens with zero attached hydrogens (tertiary/aromatic N) is 4. The second kappa shape index (κ2) is 11.5. The molecule has 0 aliphatic carbocycles. The Kier molecular flexibility index (Phi) is 8.57. The second-order valence-electron chi connectivity index (χ2n) is 9.86. The molecule has 14 heteroatoms. The maximum Gasteiger partial charge on any atom is 0.417 e. The molecule has 2 heterocycles. The number of sulfonamides is 1. The number of anilines is 2. The van der Waals surface area contributed by atoms with Crippen molar-refractivity contribution in [2.24, 2.45) is 0 Å². The Morgan fingerprint density at radius 1 is 1.15 bits per heavy atom. The van der Waals surface area contributed by atoms with Crippen LogP contribution >= 0.6 is 11.6 Å². The zero-order chi connectivity index (χ0) is 29.3. The van der Waals surface area contributed by atoms with E-state index in [0.29, 0.717) is 37.9 Å². The third kappa shape index (κ3) is 6.31. The first kappa shape index (κ1) is 29.9. The minimum atomic E-state index is -4.63. The lowest BCUT2D eigenvalue weighted by atomic mass is 9.82. The Hall–Kier alpha value is -3.03. The third-order valence-corrected chi connectivity index (χ3v) is 9.04. The largest absolute Gasteiger partial charge is 0.417 e. The molecule has 1 atom stereocenters. The predicted octanol–water partition coefficient (Wildman–Crippen LogP) is 5.76. The van der Waals surface area contributed by atoms with Crippen LogP contribution in [0.3, 0.4) is 0 Å². The molecule has 1 fully saturated rings. The van der Waals surface area contributed by atoms with Gasteiger partial charge in [0.25, 0.3) is 10.0 Å². The summed E-state index contributed by atoms with van der Waals surface area (Å²) in [6.45, 7) is 0.755. The molecule has 7 nitrogen and oxygen atoms in total. The molecule has 0 saturated carbocycles. The van der Waals surface area contributed by atoms with E-state index in [0.717, 1.165) is 24.5 Å². The lowest BCUT2D eigenvalue weighted by molar-refractivity contribution is -0.137. The molecule has 1 saturated heterocycles. The van der Waals surface area contributed by atoms with E-state index in [1.807, 2.05) is 23.7 Å². The van der Waals surface area contributed by atoms with Crippen LogP contribution in [-0.2, 0) is 22.6 Å². The highest BCUT2D eigenvalue weighted by Crippen LogP contribution is 2.39. The van der Waals surface area contributed by atoms with Gasteiger partial charge < -0.3 is 9.80 Å². The number of benzene rings is 2. The first-order chi connectivity index (χ1) is 18.7. The van der Waals surface area contributed by atoms with Crippen molar-refractivity contribution in [3.63, 3.8) is 0 Å². The molecule has 4 rings (SSSR count). The smallest absolute Gasteiger partial charge is 0.370 e. The maximum absolute atomic E-state index is 15.1. The molecule has 40 heavy (non-hydrogen) atoms. The average molecular weight is 604 g/mol. The Bertz CT molecular complexity index is 1450. The van der Waals surface area contributed by atoms with E-state index >= 15 is 8.78 Å². The normalized spacial score (nSPS) is 18.3. The molecule has 2 aromatic carbocycles. The molecule has 0 radical (unpaired) electrons. The van der Waals surface area contributed by atoms with Crippen LogP contribution in [0.1, 0.15) is 30.4 Å². The highest BCUT2D eigenvalue weighted by atomic mass is 35.5. The highest BCUT2D eigenvalue weighted by Gasteiger charge is 2.39. The second-order valence-corrected chi connectivity index (χ2v) is 11.9. The van der Waals surface area contributed by atoms with Gasteiger partial charge in [0.1, 0.15) is 23.8 Å². The Labute approximate surface area is 234 Å². The van der Waals surface area contributed by atoms with Gasteiger partial charge in [0.2, 0.25) is 0 Å². The van der Waals surface area contributed by atoms with Gasteiger partial charge in [-0.1, -0.05) is 23.7 Å². The van der Waals surface area contributed by atoms with Gasteiger partial charge in [0.15, 0.2) is 4.90 Å². The maximum atomic E-state index is 15.1. The number of alkyl halides is 3. The van der Waals surface area contributed by atoms with Crippen molar-refractivity contribution in [3.05, 3.63) is 76.7 Å². The molecule has 216 valence electrons. The minimum absolute atomic E-state index is 0.148. The number of halogens is 6. The SMILES string of the molecule is CN(C)[C@]1(CCc2cccc(C(F)(F)F)c2Cl)CCCN(c2cc(F)c(S(=O)(=O)Nc3ccncn3)c(F)c2)C1. The first-order valence-electron chi connectivity index (χ1n) is 12.3. The van der Waals surface area contributed by atoms with Crippen LogP contribution in [0.4, 0.5) is 33.5 Å². The van der Waals surface area contributed by atoms with Crippen LogP contribution < -0.4 is 9.62 Å². The van der Waals surface area contributed by atoms with E-state index in [-0.39, 0.29) is 22.9 Å². The lowest BCUT2D eigenvalue weighted by Crippen LogP contribution is -2.56. The summed E-state index contributed by atoms with van der Waals surface area (Å²) in [7, 11) is -0.945. The molecule has 0 amide bonds. The van der Waals surface area contributed by atoms with Gasteiger partial charge in [-0.15, -0.1) is 0 Å². The minimum Gasteiger partial charge on any atom is -0.370 e. The topological polar surface area (TPSA) is 78.4 Å². The van der Waals surface area contributed by atoms with Gasteiger partial charge in [-0.2, -0.15) is 13.2 Å². The van der Waals surface area contributed by atoms with Crippen LogP contribution in [0.25, 0.3) is 0 Å². The quantitative estimate of drug-likeness (QED) is 0.330. The van der Waals surface area contributed by atoms with E-state index in [9.17, 15) is 21.6 Å². The van der Waals surface area contributed by atoms with Crippen molar-refractivity contribution in [2.75, 3.05) is 36.8 Å². The third-order valence-electron chi connectivity index (χ3n) is 7.19. The number of nitrogens with one attached hydrogen (secondary N) is 1. The van der Waals surface area contributed by atoms with Crippen molar-refractivity contribution in [3.8, 4) is 0 Å². The van der Waals surface area contributed by atoms with Crippen molar-refractivity contribution in [1.82, 2.24) is 14.9 Å². The Balaban J connectivity index is 1.58. The monoisotopic (exact) mass is 603 g/mol. The summed E-state index contributed by atoms with van der Waals surface area (Å²) in [5, 5.41) is -0.340. The lowest BCUT2D eigenvalue weighted by Gasteiger charge is -2.48. The van der Waals surface area contributed by atoms with E-state index < -0.39 is 43.8 Å². The Morgan fingerprint density at radius 2 is 1.85 bits per heavy atom. The summed E-state index contributed by atoms with van der Waals surface area (Å²) in [5.74, 6) is -2.69.